The van der Waals surface area contributed by atoms with Gasteiger partial charge in [0.05, 0.1) is 11.1 Å². The third kappa shape index (κ3) is 3.49. The van der Waals surface area contributed by atoms with E-state index in [1.807, 2.05) is 17.5 Å². The van der Waals surface area contributed by atoms with E-state index in [0.29, 0.717) is 5.02 Å². The summed E-state index contributed by atoms with van der Waals surface area (Å²) in [5.74, 6) is -0.0168. The third-order valence-corrected chi connectivity index (χ3v) is 4.14. The Bertz CT molecular complexity index is 586. The number of aromatic nitrogens is 1. The van der Waals surface area contributed by atoms with Gasteiger partial charge in [-0.1, -0.05) is 31.0 Å². The van der Waals surface area contributed by atoms with Crippen LogP contribution in [0.25, 0.3) is 0 Å². The number of nitrogens with zero attached hydrogens (tertiary/aromatic N) is 1. The van der Waals surface area contributed by atoms with Gasteiger partial charge in [0.25, 0.3) is 5.91 Å². The molecular weight excluding hydrogens is 294 g/mol. The van der Waals surface area contributed by atoms with Crippen molar-refractivity contribution in [3.05, 3.63) is 45.2 Å². The maximum Gasteiger partial charge on any atom is 0.272 e. The minimum absolute atomic E-state index is 0.0215. The van der Waals surface area contributed by atoms with Crippen molar-refractivity contribution in [3.8, 4) is 0 Å². The van der Waals surface area contributed by atoms with E-state index in [0.717, 1.165) is 17.7 Å². The van der Waals surface area contributed by atoms with Gasteiger partial charge in [0.2, 0.25) is 0 Å². The van der Waals surface area contributed by atoms with Gasteiger partial charge in [-0.15, -0.1) is 11.3 Å². The average molecular weight is 310 g/mol. The van der Waals surface area contributed by atoms with Crippen molar-refractivity contribution in [2.45, 2.75) is 25.8 Å². The Hall–Kier alpha value is -1.59. The predicted molar refractivity (Wildman–Crippen MR) is 83.1 cm³/mol. The Morgan fingerprint density at radius 3 is 2.95 bits per heavy atom. The SMILES string of the molecule is CCCC(NC(=O)c1nc(N)ccc1Cl)c1cccs1. The molecule has 0 aliphatic heterocycles. The molecule has 1 unspecified atom stereocenters. The van der Waals surface area contributed by atoms with Gasteiger partial charge in [-0.25, -0.2) is 4.98 Å². The number of hydrogen-bond donors (Lipinski definition) is 2. The maximum atomic E-state index is 12.3. The number of thiophene rings is 1. The summed E-state index contributed by atoms with van der Waals surface area (Å²) in [7, 11) is 0. The fourth-order valence-corrected chi connectivity index (χ4v) is 2.91. The first-order valence-electron chi connectivity index (χ1n) is 6.38. The standard InChI is InChI=1S/C14H16ClN3OS/c1-2-4-10(11-5-3-8-20-11)17-14(19)13-9(15)6-7-12(16)18-13/h3,5-8,10H,2,4H2,1H3,(H2,16,18)(H,17,19). The lowest BCUT2D eigenvalue weighted by atomic mass is 10.1. The second-order valence-electron chi connectivity index (χ2n) is 4.40. The third-order valence-electron chi connectivity index (χ3n) is 2.85. The van der Waals surface area contributed by atoms with Crippen LogP contribution in [0.1, 0.15) is 41.2 Å². The van der Waals surface area contributed by atoms with Gasteiger partial charge in [0.15, 0.2) is 0 Å². The molecule has 0 spiro atoms. The highest BCUT2D eigenvalue weighted by molar-refractivity contribution is 7.10. The van der Waals surface area contributed by atoms with Gasteiger partial charge >= 0.3 is 0 Å². The second-order valence-corrected chi connectivity index (χ2v) is 5.78. The molecule has 2 heterocycles. The first kappa shape index (κ1) is 14.8. The Morgan fingerprint density at radius 2 is 2.30 bits per heavy atom. The molecule has 2 aromatic rings. The Labute approximate surface area is 127 Å². The van der Waals surface area contributed by atoms with Gasteiger partial charge < -0.3 is 11.1 Å². The Morgan fingerprint density at radius 1 is 1.50 bits per heavy atom. The number of carbonyl (C=O) groups is 1. The summed E-state index contributed by atoms with van der Waals surface area (Å²) in [6.07, 6.45) is 1.84. The quantitative estimate of drug-likeness (QED) is 0.886. The van der Waals surface area contributed by atoms with Crippen molar-refractivity contribution in [3.63, 3.8) is 0 Å². The number of nitrogens with one attached hydrogen (secondary N) is 1. The van der Waals surface area contributed by atoms with Gasteiger partial charge in [-0.2, -0.15) is 0 Å². The summed E-state index contributed by atoms with van der Waals surface area (Å²) >= 11 is 7.62. The van der Waals surface area contributed by atoms with E-state index in [2.05, 4.69) is 17.2 Å². The molecule has 0 saturated carbocycles. The smallest absolute Gasteiger partial charge is 0.272 e. The van der Waals surface area contributed by atoms with E-state index in [-0.39, 0.29) is 23.5 Å². The number of halogens is 1. The molecule has 0 aromatic carbocycles. The van der Waals surface area contributed by atoms with Crippen molar-refractivity contribution in [1.29, 1.82) is 0 Å². The monoisotopic (exact) mass is 309 g/mol. The summed E-state index contributed by atoms with van der Waals surface area (Å²) in [4.78, 5) is 17.4. The van der Waals surface area contributed by atoms with Crippen molar-refractivity contribution >= 4 is 34.7 Å². The van der Waals surface area contributed by atoms with Crippen molar-refractivity contribution in [2.75, 3.05) is 5.73 Å². The second kappa shape index (κ2) is 6.72. The van der Waals surface area contributed by atoms with E-state index in [1.54, 1.807) is 23.5 Å². The lowest BCUT2D eigenvalue weighted by Gasteiger charge is -2.17. The van der Waals surface area contributed by atoms with Crippen LogP contribution in [0.5, 0.6) is 0 Å². The van der Waals surface area contributed by atoms with Crippen LogP contribution >= 0.6 is 22.9 Å². The number of amides is 1. The van der Waals surface area contributed by atoms with Crippen LogP contribution in [-0.4, -0.2) is 10.9 Å². The molecule has 106 valence electrons. The number of hydrogen-bond acceptors (Lipinski definition) is 4. The molecule has 0 bridgehead atoms. The van der Waals surface area contributed by atoms with Crippen molar-refractivity contribution < 1.29 is 4.79 Å². The van der Waals surface area contributed by atoms with Crippen molar-refractivity contribution in [2.24, 2.45) is 0 Å². The molecule has 1 atom stereocenters. The zero-order valence-electron chi connectivity index (χ0n) is 11.1. The number of carbonyl (C=O) groups excluding carboxylic acids is 1. The normalized spacial score (nSPS) is 12.1. The molecule has 3 N–H and O–H groups in total. The number of nitrogen functional groups attached to an aromatic ring is 1. The fraction of sp³-hybridized carbons (Fsp3) is 0.286. The van der Waals surface area contributed by atoms with Gasteiger partial charge in [0.1, 0.15) is 11.5 Å². The predicted octanol–water partition coefficient (Wildman–Crippen LogP) is 3.65. The van der Waals surface area contributed by atoms with Gasteiger partial charge in [-0.3, -0.25) is 4.79 Å². The molecule has 0 radical (unpaired) electrons. The maximum absolute atomic E-state index is 12.3. The molecule has 0 fully saturated rings. The number of rotatable bonds is 5. The highest BCUT2D eigenvalue weighted by atomic mass is 35.5. The van der Waals surface area contributed by atoms with E-state index in [1.165, 1.54) is 0 Å². The summed E-state index contributed by atoms with van der Waals surface area (Å²) in [5.41, 5.74) is 5.77. The summed E-state index contributed by atoms with van der Waals surface area (Å²) in [6.45, 7) is 2.08. The zero-order valence-corrected chi connectivity index (χ0v) is 12.7. The topological polar surface area (TPSA) is 68.0 Å². The van der Waals surface area contributed by atoms with Crippen LogP contribution < -0.4 is 11.1 Å². The van der Waals surface area contributed by atoms with Crippen LogP contribution in [0, 0.1) is 0 Å². The largest absolute Gasteiger partial charge is 0.384 e. The minimum atomic E-state index is -0.297. The van der Waals surface area contributed by atoms with E-state index in [4.69, 9.17) is 17.3 Å². The molecule has 20 heavy (non-hydrogen) atoms. The van der Waals surface area contributed by atoms with Gasteiger partial charge in [-0.05, 0) is 30.0 Å². The molecule has 0 aliphatic carbocycles. The van der Waals surface area contributed by atoms with E-state index in [9.17, 15) is 4.79 Å². The highest BCUT2D eigenvalue weighted by Gasteiger charge is 2.19. The first-order valence-corrected chi connectivity index (χ1v) is 7.64. The number of anilines is 1. The molecule has 0 saturated heterocycles. The summed E-state index contributed by atoms with van der Waals surface area (Å²) < 4.78 is 0. The molecular formula is C14H16ClN3OS. The van der Waals surface area contributed by atoms with Crippen LogP contribution in [0.3, 0.4) is 0 Å². The lowest BCUT2D eigenvalue weighted by Crippen LogP contribution is -2.29. The minimum Gasteiger partial charge on any atom is -0.384 e. The molecule has 6 heteroatoms. The van der Waals surface area contributed by atoms with Crippen LogP contribution in [0.2, 0.25) is 5.02 Å². The molecule has 2 aromatic heterocycles. The first-order chi connectivity index (χ1) is 9.61. The number of pyridine rings is 1. The summed E-state index contributed by atoms with van der Waals surface area (Å²) in [6, 6.07) is 7.12. The fourth-order valence-electron chi connectivity index (χ4n) is 1.91. The van der Waals surface area contributed by atoms with Crippen LogP contribution in [0.15, 0.2) is 29.6 Å². The van der Waals surface area contributed by atoms with E-state index >= 15 is 0 Å². The lowest BCUT2D eigenvalue weighted by molar-refractivity contribution is 0.0930. The highest BCUT2D eigenvalue weighted by Crippen LogP contribution is 2.24. The Balaban J connectivity index is 2.18. The average Bonchev–Trinajstić information content (AvgIpc) is 2.95. The molecule has 0 aliphatic rings. The van der Waals surface area contributed by atoms with Crippen LogP contribution in [-0.2, 0) is 0 Å². The van der Waals surface area contributed by atoms with Gasteiger partial charge in [0, 0.05) is 4.88 Å². The number of nitrogens with two attached hydrogens (primary N) is 1. The molecule has 2 rings (SSSR count). The van der Waals surface area contributed by atoms with Crippen molar-refractivity contribution in [1.82, 2.24) is 10.3 Å². The Kier molecular flexibility index (Phi) is 4.98. The van der Waals surface area contributed by atoms with Crippen LogP contribution in [0.4, 0.5) is 5.82 Å². The molecule has 1 amide bonds. The zero-order chi connectivity index (χ0) is 14.5. The van der Waals surface area contributed by atoms with E-state index < -0.39 is 0 Å². The summed E-state index contributed by atoms with van der Waals surface area (Å²) in [5, 5.41) is 5.27. The molecule has 4 nitrogen and oxygen atoms in total.